The van der Waals surface area contributed by atoms with Gasteiger partial charge in [-0.25, -0.2) is 4.79 Å². The van der Waals surface area contributed by atoms with Crippen molar-refractivity contribution >= 4 is 12.1 Å². The lowest BCUT2D eigenvalue weighted by molar-refractivity contribution is -0.142. The Labute approximate surface area is 117 Å². The Morgan fingerprint density at radius 3 is 2.60 bits per heavy atom. The Morgan fingerprint density at radius 1 is 1.30 bits per heavy atom. The van der Waals surface area contributed by atoms with Crippen LogP contribution in [0.5, 0.6) is 0 Å². The third-order valence-corrected chi connectivity index (χ3v) is 4.31. The maximum absolute atomic E-state index is 12.2. The number of carboxylic acids is 1. The van der Waals surface area contributed by atoms with Crippen LogP contribution >= 0.6 is 0 Å². The van der Waals surface area contributed by atoms with Crippen molar-refractivity contribution in [2.75, 3.05) is 6.54 Å². The van der Waals surface area contributed by atoms with Crippen LogP contribution < -0.4 is 0 Å². The Hall–Kier alpha value is -2.04. The Morgan fingerprint density at radius 2 is 2.00 bits per heavy atom. The number of hydrogen-bond acceptors (Lipinski definition) is 3. The van der Waals surface area contributed by atoms with Crippen LogP contribution in [-0.4, -0.2) is 34.2 Å². The maximum atomic E-state index is 12.2. The van der Waals surface area contributed by atoms with Gasteiger partial charge in [0.1, 0.15) is 6.61 Å². The van der Waals surface area contributed by atoms with Crippen molar-refractivity contribution < 1.29 is 19.4 Å². The second-order valence-corrected chi connectivity index (χ2v) is 5.47. The summed E-state index contributed by atoms with van der Waals surface area (Å²) in [5, 5.41) is 9.22. The number of aliphatic carboxylic acids is 1. The first kappa shape index (κ1) is 13.0. The topological polar surface area (TPSA) is 66.8 Å². The first-order valence-electron chi connectivity index (χ1n) is 6.85. The normalized spacial score (nSPS) is 22.8. The Bertz CT molecular complexity index is 524. The van der Waals surface area contributed by atoms with Gasteiger partial charge in [0.05, 0.1) is 11.5 Å². The molecule has 106 valence electrons. The summed E-state index contributed by atoms with van der Waals surface area (Å²) >= 11 is 0. The van der Waals surface area contributed by atoms with Crippen LogP contribution in [0.3, 0.4) is 0 Å². The van der Waals surface area contributed by atoms with E-state index >= 15 is 0 Å². The second kappa shape index (κ2) is 4.81. The molecule has 2 fully saturated rings. The van der Waals surface area contributed by atoms with Gasteiger partial charge in [0, 0.05) is 6.54 Å². The average molecular weight is 275 g/mol. The summed E-state index contributed by atoms with van der Waals surface area (Å²) in [5.74, 6) is -1.24. The van der Waals surface area contributed by atoms with Crippen molar-refractivity contribution in [2.24, 2.45) is 5.92 Å². The third kappa shape index (κ3) is 2.13. The smallest absolute Gasteiger partial charge is 0.410 e. The van der Waals surface area contributed by atoms with Crippen LogP contribution in [0.4, 0.5) is 4.79 Å². The molecule has 0 bridgehead atoms. The highest BCUT2D eigenvalue weighted by molar-refractivity contribution is 5.77. The number of carbonyl (C=O) groups is 2. The molecule has 1 aliphatic carbocycles. The number of rotatable bonds is 3. The first-order valence-corrected chi connectivity index (χ1v) is 6.85. The highest BCUT2D eigenvalue weighted by atomic mass is 16.6. The van der Waals surface area contributed by atoms with Crippen molar-refractivity contribution in [1.29, 1.82) is 0 Å². The van der Waals surface area contributed by atoms with Crippen LogP contribution in [0, 0.1) is 5.92 Å². The largest absolute Gasteiger partial charge is 0.481 e. The SMILES string of the molecule is O=C(O)C1CCN(C(=O)OCc2ccccc2)C12CC2. The molecule has 1 aromatic carbocycles. The zero-order chi connectivity index (χ0) is 14.2. The fourth-order valence-electron chi connectivity index (χ4n) is 3.11. The van der Waals surface area contributed by atoms with Crippen LogP contribution in [-0.2, 0) is 16.1 Å². The fraction of sp³-hybridized carbons (Fsp3) is 0.467. The lowest BCUT2D eigenvalue weighted by atomic mass is 9.98. The number of carbonyl (C=O) groups excluding carboxylic acids is 1. The van der Waals surface area contributed by atoms with E-state index in [4.69, 9.17) is 4.74 Å². The predicted molar refractivity (Wildman–Crippen MR) is 71.0 cm³/mol. The summed E-state index contributed by atoms with van der Waals surface area (Å²) in [5.41, 5.74) is 0.458. The van der Waals surface area contributed by atoms with Gasteiger partial charge in [-0.2, -0.15) is 0 Å². The number of amides is 1. The molecule has 1 heterocycles. The molecule has 1 aliphatic heterocycles. The average Bonchev–Trinajstić information content (AvgIpc) is 3.11. The molecule has 5 heteroatoms. The molecular weight excluding hydrogens is 258 g/mol. The Kier molecular flexibility index (Phi) is 3.12. The molecule has 1 saturated heterocycles. The van der Waals surface area contributed by atoms with E-state index in [-0.39, 0.29) is 6.61 Å². The summed E-state index contributed by atoms with van der Waals surface area (Å²) in [6.45, 7) is 0.703. The van der Waals surface area contributed by atoms with Crippen LogP contribution in [0.25, 0.3) is 0 Å². The zero-order valence-corrected chi connectivity index (χ0v) is 11.1. The van der Waals surface area contributed by atoms with Gasteiger partial charge in [0.2, 0.25) is 0 Å². The van der Waals surface area contributed by atoms with Gasteiger partial charge in [0.25, 0.3) is 0 Å². The minimum atomic E-state index is -0.805. The highest BCUT2D eigenvalue weighted by Gasteiger charge is 2.62. The molecule has 1 aromatic rings. The fourth-order valence-corrected chi connectivity index (χ4v) is 3.11. The van der Waals surface area contributed by atoms with Gasteiger partial charge in [-0.05, 0) is 24.8 Å². The quantitative estimate of drug-likeness (QED) is 0.918. The molecule has 1 spiro atoms. The van der Waals surface area contributed by atoms with E-state index in [2.05, 4.69) is 0 Å². The molecule has 1 atom stereocenters. The van der Waals surface area contributed by atoms with Crippen molar-refractivity contribution in [1.82, 2.24) is 4.90 Å². The van der Waals surface area contributed by atoms with Crippen molar-refractivity contribution in [3.8, 4) is 0 Å². The number of carboxylic acid groups (broad SMARTS) is 1. The summed E-state index contributed by atoms with van der Waals surface area (Å²) < 4.78 is 5.31. The summed E-state index contributed by atoms with van der Waals surface area (Å²) in [7, 11) is 0. The van der Waals surface area contributed by atoms with Crippen LogP contribution in [0.1, 0.15) is 24.8 Å². The molecule has 2 aliphatic rings. The molecule has 0 radical (unpaired) electrons. The molecule has 1 unspecified atom stereocenters. The minimum absolute atomic E-state index is 0.226. The maximum Gasteiger partial charge on any atom is 0.410 e. The Balaban J connectivity index is 1.63. The monoisotopic (exact) mass is 275 g/mol. The lowest BCUT2D eigenvalue weighted by Gasteiger charge is -2.25. The standard InChI is InChI=1S/C15H17NO4/c17-13(18)12-6-9-16(15(12)7-8-15)14(19)20-10-11-4-2-1-3-5-11/h1-5,12H,6-10H2,(H,17,18). The molecule has 1 saturated carbocycles. The summed E-state index contributed by atoms with van der Waals surface area (Å²) in [6, 6.07) is 9.47. The number of likely N-dealkylation sites (tertiary alicyclic amines) is 1. The first-order chi connectivity index (χ1) is 9.63. The highest BCUT2D eigenvalue weighted by Crippen LogP contribution is 2.53. The van der Waals surface area contributed by atoms with E-state index in [1.807, 2.05) is 30.3 Å². The molecule has 0 aromatic heterocycles. The van der Waals surface area contributed by atoms with Gasteiger partial charge >= 0.3 is 12.1 Å². The summed E-state index contributed by atoms with van der Waals surface area (Å²) in [4.78, 5) is 25.0. The van der Waals surface area contributed by atoms with Crippen LogP contribution in [0.15, 0.2) is 30.3 Å². The minimum Gasteiger partial charge on any atom is -0.481 e. The third-order valence-electron chi connectivity index (χ3n) is 4.31. The van der Waals surface area contributed by atoms with E-state index in [0.717, 1.165) is 18.4 Å². The van der Waals surface area contributed by atoms with Crippen molar-refractivity contribution in [3.63, 3.8) is 0 Å². The number of nitrogens with zero attached hydrogens (tertiary/aromatic N) is 1. The summed E-state index contributed by atoms with van der Waals surface area (Å²) in [6.07, 6.45) is 1.67. The van der Waals surface area contributed by atoms with E-state index in [1.165, 1.54) is 0 Å². The van der Waals surface area contributed by atoms with Crippen molar-refractivity contribution in [2.45, 2.75) is 31.4 Å². The zero-order valence-electron chi connectivity index (χ0n) is 11.1. The van der Waals surface area contributed by atoms with E-state index < -0.39 is 23.5 Å². The van der Waals surface area contributed by atoms with E-state index in [9.17, 15) is 14.7 Å². The lowest BCUT2D eigenvalue weighted by Crippen LogP contribution is -2.42. The number of benzene rings is 1. The van der Waals surface area contributed by atoms with E-state index in [0.29, 0.717) is 13.0 Å². The van der Waals surface area contributed by atoms with Gasteiger partial charge < -0.3 is 14.7 Å². The molecular formula is C15H17NO4. The predicted octanol–water partition coefficient (Wildman–Crippen LogP) is 2.26. The van der Waals surface area contributed by atoms with Crippen molar-refractivity contribution in [3.05, 3.63) is 35.9 Å². The van der Waals surface area contributed by atoms with Crippen LogP contribution in [0.2, 0.25) is 0 Å². The van der Waals surface area contributed by atoms with Gasteiger partial charge in [-0.1, -0.05) is 30.3 Å². The van der Waals surface area contributed by atoms with Gasteiger partial charge in [-0.3, -0.25) is 4.79 Å². The molecule has 20 heavy (non-hydrogen) atoms. The number of hydrogen-bond donors (Lipinski definition) is 1. The molecule has 3 rings (SSSR count). The molecule has 5 nitrogen and oxygen atoms in total. The second-order valence-electron chi connectivity index (χ2n) is 5.47. The number of ether oxygens (including phenoxy) is 1. The van der Waals surface area contributed by atoms with E-state index in [1.54, 1.807) is 4.90 Å². The molecule has 1 amide bonds. The molecule has 1 N–H and O–H groups in total. The van der Waals surface area contributed by atoms with Gasteiger partial charge in [-0.15, -0.1) is 0 Å². The van der Waals surface area contributed by atoms with Gasteiger partial charge in [0.15, 0.2) is 0 Å².